The van der Waals surface area contributed by atoms with Crippen LogP contribution in [0.25, 0.3) is 0 Å². The van der Waals surface area contributed by atoms with Gasteiger partial charge in [0, 0.05) is 25.0 Å². The highest BCUT2D eigenvalue weighted by molar-refractivity contribution is 7.80. The van der Waals surface area contributed by atoms with Crippen molar-refractivity contribution in [2.24, 2.45) is 5.92 Å². The number of aromatic nitrogens is 1. The molecule has 0 spiro atoms. The van der Waals surface area contributed by atoms with Crippen LogP contribution in [0.2, 0.25) is 0 Å². The van der Waals surface area contributed by atoms with Crippen LogP contribution in [0.3, 0.4) is 0 Å². The van der Waals surface area contributed by atoms with Gasteiger partial charge < -0.3 is 15.0 Å². The maximum Gasteiger partial charge on any atom is 0.417 e. The van der Waals surface area contributed by atoms with E-state index in [-0.39, 0.29) is 61.3 Å². The maximum atomic E-state index is 15.3. The van der Waals surface area contributed by atoms with Crippen LogP contribution >= 0.6 is 12.2 Å². The molecular weight excluding hydrogens is 762 g/mol. The number of anilines is 2. The normalized spacial score (nSPS) is 25.5. The van der Waals surface area contributed by atoms with Crippen LogP contribution in [0, 0.1) is 17.2 Å². The predicted molar refractivity (Wildman–Crippen MR) is 196 cm³/mol. The molecule has 4 aliphatic rings. The standard InChI is InChI=1S/C38H42F5N7O5S/c1-36(2)34(54)49(26-5-3-22(18-44)29(17-26)38(41,42)43)35(56)50(36)25-6-8-27(9-7-25)55-16-14-23-13-15-48(21-37(23,39)40)20-32(52)46-24-4-11-30(45-19-24)28-10-12-31(51)47-33(28)53/h3-5,11,17,19,23,25,27-28H,6-10,12-16,20-21H2,1-2H3,(H,46,52)(H,47,51,53). The van der Waals surface area contributed by atoms with Gasteiger partial charge in [-0.1, -0.05) is 0 Å². The Balaban J connectivity index is 0.944. The van der Waals surface area contributed by atoms with Crippen LogP contribution in [0.5, 0.6) is 0 Å². The molecule has 1 saturated carbocycles. The Hall–Kier alpha value is -4.60. The molecule has 4 heterocycles. The molecule has 6 rings (SSSR count). The van der Waals surface area contributed by atoms with E-state index in [1.807, 2.05) is 0 Å². The molecule has 4 fully saturated rings. The molecule has 12 nitrogen and oxygen atoms in total. The largest absolute Gasteiger partial charge is 0.417 e. The van der Waals surface area contributed by atoms with Crippen LogP contribution in [0.15, 0.2) is 36.5 Å². The summed E-state index contributed by atoms with van der Waals surface area (Å²) in [4.78, 5) is 58.3. The lowest BCUT2D eigenvalue weighted by molar-refractivity contribution is -0.138. The number of carbonyl (C=O) groups is 4. The van der Waals surface area contributed by atoms with E-state index in [4.69, 9.17) is 17.0 Å². The van der Waals surface area contributed by atoms with Crippen molar-refractivity contribution in [3.8, 4) is 6.07 Å². The van der Waals surface area contributed by atoms with E-state index in [1.54, 1.807) is 30.9 Å². The molecule has 0 bridgehead atoms. The first-order valence-electron chi connectivity index (χ1n) is 18.5. The quantitative estimate of drug-likeness (QED) is 0.179. The summed E-state index contributed by atoms with van der Waals surface area (Å²) in [6.45, 7) is 2.94. The molecule has 4 amide bonds. The van der Waals surface area contributed by atoms with E-state index in [2.05, 4.69) is 15.6 Å². The number of amides is 4. The summed E-state index contributed by atoms with van der Waals surface area (Å²) >= 11 is 5.67. The average molecular weight is 804 g/mol. The summed E-state index contributed by atoms with van der Waals surface area (Å²) in [5.74, 6) is -6.26. The second kappa shape index (κ2) is 16.1. The molecule has 0 radical (unpaired) electrons. The maximum absolute atomic E-state index is 15.3. The molecule has 3 aliphatic heterocycles. The second-order valence-corrected chi connectivity index (χ2v) is 15.6. The number of nitrogens with zero attached hydrogens (tertiary/aromatic N) is 5. The lowest BCUT2D eigenvalue weighted by atomic mass is 9.88. The number of imide groups is 1. The fraction of sp³-hybridized carbons (Fsp3) is 0.553. The first-order valence-corrected chi connectivity index (χ1v) is 18.9. The molecule has 1 aromatic carbocycles. The number of carbonyl (C=O) groups excluding carboxylic acids is 4. The van der Waals surface area contributed by atoms with Crippen molar-refractivity contribution in [1.29, 1.82) is 5.26 Å². The van der Waals surface area contributed by atoms with Crippen molar-refractivity contribution < 1.29 is 45.9 Å². The fourth-order valence-electron chi connectivity index (χ4n) is 8.11. The zero-order chi connectivity index (χ0) is 40.6. The highest BCUT2D eigenvalue weighted by Gasteiger charge is 2.53. The Morgan fingerprint density at radius 3 is 2.45 bits per heavy atom. The molecule has 2 aromatic rings. The zero-order valence-electron chi connectivity index (χ0n) is 30.8. The molecule has 1 aliphatic carbocycles. The topological polar surface area (TPSA) is 148 Å². The lowest BCUT2D eigenvalue weighted by Gasteiger charge is -2.41. The molecule has 1 aromatic heterocycles. The van der Waals surface area contributed by atoms with E-state index < -0.39 is 64.9 Å². The lowest BCUT2D eigenvalue weighted by Crippen LogP contribution is -2.51. The van der Waals surface area contributed by atoms with Gasteiger partial charge in [0.1, 0.15) is 5.54 Å². The fourth-order valence-corrected chi connectivity index (χ4v) is 8.68. The number of thiocarbonyl (C=S) groups is 1. The van der Waals surface area contributed by atoms with Gasteiger partial charge in [-0.25, -0.2) is 8.78 Å². The number of rotatable bonds is 10. The van der Waals surface area contributed by atoms with E-state index in [0.29, 0.717) is 50.0 Å². The van der Waals surface area contributed by atoms with Crippen molar-refractivity contribution in [1.82, 2.24) is 20.1 Å². The summed E-state index contributed by atoms with van der Waals surface area (Å²) in [7, 11) is 0. The summed E-state index contributed by atoms with van der Waals surface area (Å²) < 4.78 is 77.6. The van der Waals surface area contributed by atoms with E-state index in [1.165, 1.54) is 23.2 Å². The second-order valence-electron chi connectivity index (χ2n) is 15.3. The Morgan fingerprint density at radius 1 is 1.09 bits per heavy atom. The van der Waals surface area contributed by atoms with Crippen LogP contribution < -0.4 is 15.5 Å². The SMILES string of the molecule is CC1(C)C(=O)N(c2ccc(C#N)c(C(F)(F)F)c2)C(=S)N1C1CCC(OCCC2CCN(CC(=O)Nc3ccc(C4CCC(=O)NC4=O)nc3)CC2(F)F)CC1. The first-order chi connectivity index (χ1) is 26.4. The minimum Gasteiger partial charge on any atom is -0.378 e. The smallest absolute Gasteiger partial charge is 0.378 e. The number of alkyl halides is 5. The Labute approximate surface area is 325 Å². The zero-order valence-corrected chi connectivity index (χ0v) is 31.7. The van der Waals surface area contributed by atoms with Gasteiger partial charge >= 0.3 is 6.18 Å². The highest BCUT2D eigenvalue weighted by atomic mass is 32.1. The molecule has 18 heteroatoms. The van der Waals surface area contributed by atoms with Gasteiger partial charge in [-0.05, 0) is 108 Å². The van der Waals surface area contributed by atoms with Crippen molar-refractivity contribution in [3.63, 3.8) is 0 Å². The number of hydrogen-bond acceptors (Lipinski definition) is 9. The minimum atomic E-state index is -4.80. The summed E-state index contributed by atoms with van der Waals surface area (Å²) in [6.07, 6.45) is -0.491. The summed E-state index contributed by atoms with van der Waals surface area (Å²) in [6, 6.07) is 7.57. The first kappa shape index (κ1) is 41.0. The predicted octanol–water partition coefficient (Wildman–Crippen LogP) is 5.52. The van der Waals surface area contributed by atoms with Gasteiger partial charge in [0.15, 0.2) is 5.11 Å². The number of nitriles is 1. The Bertz CT molecular complexity index is 1910. The van der Waals surface area contributed by atoms with Crippen molar-refractivity contribution in [2.45, 2.75) is 101 Å². The highest BCUT2D eigenvalue weighted by Crippen LogP contribution is 2.41. The Morgan fingerprint density at radius 2 is 1.82 bits per heavy atom. The number of pyridine rings is 1. The molecule has 2 N–H and O–H groups in total. The average Bonchev–Trinajstić information content (AvgIpc) is 3.31. The number of nitrogens with one attached hydrogen (secondary N) is 2. The number of hydrogen-bond donors (Lipinski definition) is 2. The third-order valence-electron chi connectivity index (χ3n) is 11.1. The van der Waals surface area contributed by atoms with Crippen molar-refractivity contribution in [3.05, 3.63) is 53.3 Å². The van der Waals surface area contributed by atoms with E-state index >= 15 is 8.78 Å². The van der Waals surface area contributed by atoms with Gasteiger partial charge in [-0.15, -0.1) is 0 Å². The Kier molecular flexibility index (Phi) is 11.8. The molecule has 56 heavy (non-hydrogen) atoms. The molecule has 2 atom stereocenters. The van der Waals surface area contributed by atoms with Crippen molar-refractivity contribution >= 4 is 52.3 Å². The van der Waals surface area contributed by atoms with E-state index in [9.17, 15) is 37.6 Å². The number of halogens is 5. The summed E-state index contributed by atoms with van der Waals surface area (Å²) in [5.41, 5.74) is -2.11. The van der Waals surface area contributed by atoms with Crippen LogP contribution in [0.1, 0.15) is 88.0 Å². The van der Waals surface area contributed by atoms with Crippen LogP contribution in [-0.2, 0) is 30.1 Å². The van der Waals surface area contributed by atoms with Crippen LogP contribution in [-0.4, -0.2) is 93.4 Å². The number of likely N-dealkylation sites (tertiary alicyclic amines) is 1. The molecular formula is C38H42F5N7O5S. The monoisotopic (exact) mass is 803 g/mol. The van der Waals surface area contributed by atoms with Gasteiger partial charge in [0.25, 0.3) is 11.8 Å². The van der Waals surface area contributed by atoms with E-state index in [0.717, 1.165) is 17.0 Å². The van der Waals surface area contributed by atoms with Crippen LogP contribution in [0.4, 0.5) is 33.3 Å². The third-order valence-corrected chi connectivity index (χ3v) is 11.5. The number of piperidine rings is 2. The molecule has 3 saturated heterocycles. The van der Waals surface area contributed by atoms with Gasteiger partial charge in [-0.2, -0.15) is 18.4 Å². The number of benzene rings is 1. The number of ether oxygens (including phenoxy) is 1. The van der Waals surface area contributed by atoms with Gasteiger partial charge in [0.05, 0.1) is 65.6 Å². The summed E-state index contributed by atoms with van der Waals surface area (Å²) in [5, 5.41) is 14.2. The molecule has 2 unspecified atom stereocenters. The third kappa shape index (κ3) is 8.69. The van der Waals surface area contributed by atoms with Crippen molar-refractivity contribution in [2.75, 3.05) is 36.5 Å². The van der Waals surface area contributed by atoms with Gasteiger partial charge in [-0.3, -0.25) is 39.3 Å². The minimum absolute atomic E-state index is 0.0713. The molecule has 300 valence electrons. The van der Waals surface area contributed by atoms with Gasteiger partial charge in [0.2, 0.25) is 17.7 Å².